The molecular formula is C11H16BrN3O. The molecule has 88 valence electrons. The van der Waals surface area contributed by atoms with Gasteiger partial charge >= 0.3 is 0 Å². The number of amides is 1. The topological polar surface area (TPSA) is 58.4 Å². The van der Waals surface area contributed by atoms with Gasteiger partial charge in [-0.15, -0.1) is 0 Å². The van der Waals surface area contributed by atoms with Crippen molar-refractivity contribution in [2.75, 3.05) is 14.1 Å². The fraction of sp³-hybridized carbons (Fsp3) is 0.364. The minimum Gasteiger partial charge on any atom is -0.320 e. The van der Waals surface area contributed by atoms with Gasteiger partial charge in [-0.1, -0.05) is 28.1 Å². The maximum atomic E-state index is 11.6. The zero-order valence-corrected chi connectivity index (χ0v) is 11.0. The smallest absolute Gasteiger partial charge is 0.251 e. The third-order valence-corrected chi connectivity index (χ3v) is 2.51. The Kier molecular flexibility index (Phi) is 4.92. The number of carbonyl (C=O) groups is 1. The molecule has 0 bridgehead atoms. The van der Waals surface area contributed by atoms with Gasteiger partial charge in [0.15, 0.2) is 0 Å². The van der Waals surface area contributed by atoms with Gasteiger partial charge in [0.05, 0.1) is 6.04 Å². The van der Waals surface area contributed by atoms with Crippen LogP contribution in [0.5, 0.6) is 0 Å². The molecule has 0 aliphatic carbocycles. The third kappa shape index (κ3) is 4.30. The summed E-state index contributed by atoms with van der Waals surface area (Å²) in [5, 5.41) is 1.59. The van der Waals surface area contributed by atoms with Crippen LogP contribution in [0, 0.1) is 0 Å². The van der Waals surface area contributed by atoms with Crippen molar-refractivity contribution in [1.29, 1.82) is 0 Å². The van der Waals surface area contributed by atoms with E-state index >= 15 is 0 Å². The number of hydrazine groups is 1. The monoisotopic (exact) mass is 285 g/mol. The molecule has 0 spiro atoms. The van der Waals surface area contributed by atoms with Gasteiger partial charge in [-0.25, -0.2) is 5.01 Å². The van der Waals surface area contributed by atoms with Crippen molar-refractivity contribution in [3.8, 4) is 0 Å². The molecule has 0 aliphatic heterocycles. The van der Waals surface area contributed by atoms with Crippen molar-refractivity contribution in [3.05, 3.63) is 34.3 Å². The molecule has 0 saturated heterocycles. The Morgan fingerprint density at radius 3 is 2.81 bits per heavy atom. The normalized spacial score (nSPS) is 12.6. The minimum atomic E-state index is -0.531. The number of benzene rings is 1. The first-order valence-electron chi connectivity index (χ1n) is 4.97. The van der Waals surface area contributed by atoms with Gasteiger partial charge < -0.3 is 5.73 Å². The number of nitrogens with one attached hydrogen (secondary N) is 1. The molecule has 16 heavy (non-hydrogen) atoms. The second-order valence-electron chi connectivity index (χ2n) is 3.81. The van der Waals surface area contributed by atoms with Gasteiger partial charge in [0.25, 0.3) is 5.91 Å². The largest absolute Gasteiger partial charge is 0.320 e. The van der Waals surface area contributed by atoms with Gasteiger partial charge in [-0.3, -0.25) is 10.2 Å². The first kappa shape index (κ1) is 13.2. The SMILES string of the molecule is CN(C)NC(=O)C(N)Cc1cccc(Br)c1. The van der Waals surface area contributed by atoms with E-state index in [1.807, 2.05) is 24.3 Å². The summed E-state index contributed by atoms with van der Waals surface area (Å²) in [6, 6.07) is 7.25. The second kappa shape index (κ2) is 5.98. The molecule has 4 nitrogen and oxygen atoms in total. The van der Waals surface area contributed by atoms with Crippen molar-refractivity contribution >= 4 is 21.8 Å². The van der Waals surface area contributed by atoms with E-state index in [4.69, 9.17) is 5.73 Å². The molecule has 5 heteroatoms. The minimum absolute atomic E-state index is 0.176. The van der Waals surface area contributed by atoms with E-state index < -0.39 is 6.04 Å². The van der Waals surface area contributed by atoms with Crippen LogP contribution in [0.4, 0.5) is 0 Å². The second-order valence-corrected chi connectivity index (χ2v) is 4.73. The molecule has 0 fully saturated rings. The quantitative estimate of drug-likeness (QED) is 0.809. The van der Waals surface area contributed by atoms with Crippen molar-refractivity contribution < 1.29 is 4.79 Å². The van der Waals surface area contributed by atoms with Crippen molar-refractivity contribution in [2.45, 2.75) is 12.5 Å². The lowest BCUT2D eigenvalue weighted by molar-refractivity contribution is -0.126. The fourth-order valence-electron chi connectivity index (χ4n) is 1.31. The molecule has 1 aromatic carbocycles. The van der Waals surface area contributed by atoms with Crippen LogP contribution in [-0.2, 0) is 11.2 Å². The highest BCUT2D eigenvalue weighted by molar-refractivity contribution is 9.10. The van der Waals surface area contributed by atoms with E-state index in [1.165, 1.54) is 0 Å². The summed E-state index contributed by atoms with van der Waals surface area (Å²) in [6.07, 6.45) is 0.527. The lowest BCUT2D eigenvalue weighted by Crippen LogP contribution is -2.47. The summed E-state index contributed by atoms with van der Waals surface area (Å²) >= 11 is 3.38. The molecule has 0 radical (unpaired) electrons. The van der Waals surface area contributed by atoms with Gasteiger partial charge in [0, 0.05) is 18.6 Å². The maximum Gasteiger partial charge on any atom is 0.251 e. The summed E-state index contributed by atoms with van der Waals surface area (Å²) < 4.78 is 0.991. The number of nitrogens with zero attached hydrogens (tertiary/aromatic N) is 1. The molecule has 0 aliphatic rings. The average Bonchev–Trinajstić information content (AvgIpc) is 2.16. The predicted octanol–water partition coefficient (Wildman–Crippen LogP) is 0.912. The number of carbonyl (C=O) groups excluding carboxylic acids is 1. The number of hydrogen-bond donors (Lipinski definition) is 2. The highest BCUT2D eigenvalue weighted by Crippen LogP contribution is 2.12. The molecule has 1 amide bonds. The lowest BCUT2D eigenvalue weighted by atomic mass is 10.1. The van der Waals surface area contributed by atoms with E-state index in [0.29, 0.717) is 6.42 Å². The van der Waals surface area contributed by atoms with Crippen molar-refractivity contribution in [2.24, 2.45) is 5.73 Å². The van der Waals surface area contributed by atoms with Gasteiger partial charge in [0.1, 0.15) is 0 Å². The number of hydrogen-bond acceptors (Lipinski definition) is 3. The molecule has 1 atom stereocenters. The van der Waals surface area contributed by atoms with Gasteiger partial charge in [0.2, 0.25) is 0 Å². The van der Waals surface area contributed by atoms with Crippen LogP contribution in [0.25, 0.3) is 0 Å². The summed E-state index contributed by atoms with van der Waals surface area (Å²) in [5.41, 5.74) is 9.47. The zero-order chi connectivity index (χ0) is 12.1. The van der Waals surface area contributed by atoms with Crippen LogP contribution in [0.15, 0.2) is 28.7 Å². The maximum absolute atomic E-state index is 11.6. The fourth-order valence-corrected chi connectivity index (χ4v) is 1.76. The molecule has 0 heterocycles. The van der Waals surface area contributed by atoms with Crippen LogP contribution in [0.3, 0.4) is 0 Å². The first-order valence-corrected chi connectivity index (χ1v) is 5.76. The van der Waals surface area contributed by atoms with Gasteiger partial charge in [-0.2, -0.15) is 0 Å². The standard InChI is InChI=1S/C11H16BrN3O/c1-15(2)14-11(16)10(13)7-8-4-3-5-9(12)6-8/h3-6,10H,7,13H2,1-2H3,(H,14,16). The Morgan fingerprint density at radius 2 is 2.25 bits per heavy atom. The van der Waals surface area contributed by atoms with E-state index in [-0.39, 0.29) is 5.91 Å². The zero-order valence-electron chi connectivity index (χ0n) is 9.40. The Labute approximate surface area is 104 Å². The van der Waals surface area contributed by atoms with Gasteiger partial charge in [-0.05, 0) is 24.1 Å². The summed E-state index contributed by atoms with van der Waals surface area (Å²) in [7, 11) is 3.51. The van der Waals surface area contributed by atoms with E-state index in [1.54, 1.807) is 19.1 Å². The van der Waals surface area contributed by atoms with E-state index in [0.717, 1.165) is 10.0 Å². The van der Waals surface area contributed by atoms with E-state index in [2.05, 4.69) is 21.4 Å². The number of nitrogens with two attached hydrogens (primary N) is 1. The number of halogens is 1. The van der Waals surface area contributed by atoms with Crippen molar-refractivity contribution in [1.82, 2.24) is 10.4 Å². The summed E-state index contributed by atoms with van der Waals surface area (Å²) in [4.78, 5) is 11.6. The van der Waals surface area contributed by atoms with Crippen LogP contribution in [-0.4, -0.2) is 31.1 Å². The summed E-state index contributed by atoms with van der Waals surface area (Å²) in [5.74, 6) is -0.176. The predicted molar refractivity (Wildman–Crippen MR) is 67.7 cm³/mol. The van der Waals surface area contributed by atoms with Crippen LogP contribution < -0.4 is 11.2 Å². The molecule has 0 saturated carbocycles. The molecule has 0 aromatic heterocycles. The Morgan fingerprint density at radius 1 is 1.56 bits per heavy atom. The molecule has 1 aromatic rings. The van der Waals surface area contributed by atoms with Crippen LogP contribution in [0.1, 0.15) is 5.56 Å². The van der Waals surface area contributed by atoms with E-state index in [9.17, 15) is 4.79 Å². The molecule has 3 N–H and O–H groups in total. The first-order chi connectivity index (χ1) is 7.49. The number of rotatable bonds is 4. The van der Waals surface area contributed by atoms with Crippen LogP contribution in [0.2, 0.25) is 0 Å². The molecule has 1 unspecified atom stereocenters. The Balaban J connectivity index is 2.57. The van der Waals surface area contributed by atoms with Crippen LogP contribution >= 0.6 is 15.9 Å². The summed E-state index contributed by atoms with van der Waals surface area (Å²) in [6.45, 7) is 0. The Bertz CT molecular complexity index is 368. The van der Waals surface area contributed by atoms with Crippen molar-refractivity contribution in [3.63, 3.8) is 0 Å². The third-order valence-electron chi connectivity index (χ3n) is 2.02. The highest BCUT2D eigenvalue weighted by atomic mass is 79.9. The average molecular weight is 286 g/mol. The Hall–Kier alpha value is -0.910. The lowest BCUT2D eigenvalue weighted by Gasteiger charge is -2.16. The molecule has 1 rings (SSSR count). The highest BCUT2D eigenvalue weighted by Gasteiger charge is 2.14. The molecular weight excluding hydrogens is 270 g/mol.